The molecule has 9 nitrogen and oxygen atoms in total. The van der Waals surface area contributed by atoms with Crippen molar-refractivity contribution < 1.29 is 22.7 Å². The zero-order valence-electron chi connectivity index (χ0n) is 25.2. The minimum atomic E-state index is -4.06. The van der Waals surface area contributed by atoms with E-state index in [9.17, 15) is 18.0 Å². The molecule has 236 valence electrons. The van der Waals surface area contributed by atoms with Crippen LogP contribution in [0.25, 0.3) is 21.8 Å². The number of aryl methyl sites for hydroxylation is 4. The third-order valence-electron chi connectivity index (χ3n) is 7.62. The Morgan fingerprint density at radius 2 is 1.73 bits per heavy atom. The molecule has 0 unspecified atom stereocenters. The maximum atomic E-state index is 13.3. The summed E-state index contributed by atoms with van der Waals surface area (Å²) in [6.45, 7) is 4.05. The van der Waals surface area contributed by atoms with Crippen LogP contribution >= 0.6 is 23.2 Å². The predicted octanol–water partition coefficient (Wildman–Crippen LogP) is 6.01. The van der Waals surface area contributed by atoms with Gasteiger partial charge in [0.1, 0.15) is 11.4 Å². The quantitative estimate of drug-likeness (QED) is 0.141. The second-order valence-corrected chi connectivity index (χ2v) is 13.7. The van der Waals surface area contributed by atoms with Gasteiger partial charge in [0.05, 0.1) is 18.8 Å². The molecule has 2 heterocycles. The molecule has 0 saturated carbocycles. The van der Waals surface area contributed by atoms with E-state index in [1.165, 1.54) is 0 Å². The number of carbonyl (C=O) groups is 2. The molecular weight excluding hydrogens is 635 g/mol. The third-order valence-corrected chi connectivity index (χ3v) is 9.69. The summed E-state index contributed by atoms with van der Waals surface area (Å²) in [5.74, 6) is -0.860. The van der Waals surface area contributed by atoms with Gasteiger partial charge in [-0.2, -0.15) is 0 Å². The van der Waals surface area contributed by atoms with Crippen LogP contribution in [0.5, 0.6) is 5.75 Å². The second-order valence-electron chi connectivity index (χ2n) is 11.1. The van der Waals surface area contributed by atoms with Gasteiger partial charge in [-0.15, -0.1) is 0 Å². The summed E-state index contributed by atoms with van der Waals surface area (Å²) in [5.41, 5.74) is 5.10. The van der Waals surface area contributed by atoms with Crippen LogP contribution in [-0.2, 0) is 34.7 Å². The van der Waals surface area contributed by atoms with E-state index in [4.69, 9.17) is 27.9 Å². The molecule has 2 amide bonds. The van der Waals surface area contributed by atoms with Gasteiger partial charge < -0.3 is 19.6 Å². The standard InChI is InChI=1S/C33H34Cl2N4O5S/c1-20-15-24(16-21(2)31(20)35)44-13-6-8-27-26-11-10-23(34)18-28(26)37-32(27)33(41)38-45(42,43)14-12-36-30(40)17-22-19-39(3)29-9-5-4-7-25(22)29/h4-5,7,9-11,15-16,18-19,37H,6,8,12-14,17H2,1-3H3,(H,36,40)(H,38,41). The lowest BCUT2D eigenvalue weighted by molar-refractivity contribution is -0.120. The van der Waals surface area contributed by atoms with Crippen molar-refractivity contribution in [3.63, 3.8) is 0 Å². The Bertz CT molecular complexity index is 1990. The number of rotatable bonds is 12. The van der Waals surface area contributed by atoms with Crippen LogP contribution in [0.2, 0.25) is 10.0 Å². The highest BCUT2D eigenvalue weighted by molar-refractivity contribution is 7.90. The number of hydrogen-bond donors (Lipinski definition) is 3. The van der Waals surface area contributed by atoms with Crippen LogP contribution in [0.3, 0.4) is 0 Å². The van der Waals surface area contributed by atoms with Crippen LogP contribution in [0.15, 0.2) is 60.8 Å². The second kappa shape index (κ2) is 13.6. The van der Waals surface area contributed by atoms with Crippen molar-refractivity contribution in [2.45, 2.75) is 33.1 Å². The summed E-state index contributed by atoms with van der Waals surface area (Å²) < 4.78 is 35.7. The lowest BCUT2D eigenvalue weighted by atomic mass is 10.1. The summed E-state index contributed by atoms with van der Waals surface area (Å²) >= 11 is 12.4. The first-order chi connectivity index (χ1) is 21.4. The van der Waals surface area contributed by atoms with Crippen LogP contribution in [0, 0.1) is 13.8 Å². The van der Waals surface area contributed by atoms with E-state index in [0.717, 1.165) is 33.0 Å². The van der Waals surface area contributed by atoms with E-state index in [2.05, 4.69) is 15.0 Å². The molecule has 0 bridgehead atoms. The molecule has 12 heteroatoms. The Hall–Kier alpha value is -3.99. The highest BCUT2D eigenvalue weighted by atomic mass is 35.5. The first-order valence-corrected chi connectivity index (χ1v) is 16.9. The fourth-order valence-electron chi connectivity index (χ4n) is 5.48. The number of benzene rings is 3. The van der Waals surface area contributed by atoms with Crippen molar-refractivity contribution in [3.05, 3.63) is 98.8 Å². The van der Waals surface area contributed by atoms with Gasteiger partial charge in [-0.05, 0) is 79.3 Å². The molecular formula is C33H34Cl2N4O5S. The predicted molar refractivity (Wildman–Crippen MR) is 179 cm³/mol. The average Bonchev–Trinajstić information content (AvgIpc) is 3.50. The Morgan fingerprint density at radius 3 is 2.49 bits per heavy atom. The number of amides is 2. The van der Waals surface area contributed by atoms with Gasteiger partial charge in [-0.25, -0.2) is 13.1 Å². The fourth-order valence-corrected chi connectivity index (χ4v) is 6.62. The average molecular weight is 670 g/mol. The molecule has 0 saturated heterocycles. The van der Waals surface area contributed by atoms with Crippen molar-refractivity contribution in [1.29, 1.82) is 0 Å². The van der Waals surface area contributed by atoms with E-state index in [0.29, 0.717) is 46.3 Å². The van der Waals surface area contributed by atoms with Gasteiger partial charge in [-0.3, -0.25) is 9.59 Å². The van der Waals surface area contributed by atoms with Crippen molar-refractivity contribution in [2.75, 3.05) is 18.9 Å². The van der Waals surface area contributed by atoms with E-state index in [-0.39, 0.29) is 24.6 Å². The van der Waals surface area contributed by atoms with Gasteiger partial charge in [0.25, 0.3) is 5.91 Å². The Balaban J connectivity index is 1.20. The molecule has 45 heavy (non-hydrogen) atoms. The number of ether oxygens (including phenoxy) is 1. The number of carbonyl (C=O) groups excluding carboxylic acids is 2. The van der Waals surface area contributed by atoms with Crippen LogP contribution in [0.1, 0.15) is 39.2 Å². The minimum Gasteiger partial charge on any atom is -0.494 e. The van der Waals surface area contributed by atoms with Gasteiger partial charge in [0, 0.05) is 51.6 Å². The largest absolute Gasteiger partial charge is 0.494 e. The maximum Gasteiger partial charge on any atom is 0.281 e. The molecule has 0 aliphatic heterocycles. The normalized spacial score (nSPS) is 11.7. The van der Waals surface area contributed by atoms with Crippen molar-refractivity contribution in [1.82, 2.24) is 19.6 Å². The fraction of sp³-hybridized carbons (Fsp3) is 0.273. The number of fused-ring (bicyclic) bond motifs is 2. The van der Waals surface area contributed by atoms with Crippen molar-refractivity contribution >= 4 is 66.8 Å². The molecule has 2 aromatic heterocycles. The molecule has 3 N–H and O–H groups in total. The maximum absolute atomic E-state index is 13.3. The number of aromatic nitrogens is 2. The summed E-state index contributed by atoms with van der Waals surface area (Å²) in [6, 6.07) is 16.7. The van der Waals surface area contributed by atoms with Crippen LogP contribution in [-0.4, -0.2) is 48.7 Å². The monoisotopic (exact) mass is 668 g/mol. The zero-order chi connectivity index (χ0) is 32.3. The van der Waals surface area contributed by atoms with Gasteiger partial charge in [0.15, 0.2) is 0 Å². The summed E-state index contributed by atoms with van der Waals surface area (Å²) in [7, 11) is -2.16. The highest BCUT2D eigenvalue weighted by Crippen LogP contribution is 2.28. The number of hydrogen-bond acceptors (Lipinski definition) is 5. The Morgan fingerprint density at radius 1 is 1.00 bits per heavy atom. The summed E-state index contributed by atoms with van der Waals surface area (Å²) in [5, 5.41) is 5.56. The Kier molecular flexibility index (Phi) is 9.76. The first-order valence-electron chi connectivity index (χ1n) is 14.5. The molecule has 5 aromatic rings. The van der Waals surface area contributed by atoms with E-state index in [1.54, 1.807) is 18.2 Å². The number of halogens is 2. The number of nitrogens with zero attached hydrogens (tertiary/aromatic N) is 1. The van der Waals surface area contributed by atoms with E-state index >= 15 is 0 Å². The number of sulfonamides is 1. The number of H-pyrrole nitrogens is 1. The van der Waals surface area contributed by atoms with Gasteiger partial charge in [-0.1, -0.05) is 47.5 Å². The van der Waals surface area contributed by atoms with E-state index < -0.39 is 21.7 Å². The molecule has 0 atom stereocenters. The molecule has 0 spiro atoms. The van der Waals surface area contributed by atoms with E-state index in [1.807, 2.05) is 68.1 Å². The number of aromatic amines is 1. The third kappa shape index (κ3) is 7.64. The molecule has 5 rings (SSSR count). The molecule has 0 aliphatic carbocycles. The Labute approximate surface area is 271 Å². The van der Waals surface area contributed by atoms with Gasteiger partial charge in [0.2, 0.25) is 15.9 Å². The minimum absolute atomic E-state index is 0.107. The topological polar surface area (TPSA) is 122 Å². The molecule has 0 radical (unpaired) electrons. The van der Waals surface area contributed by atoms with Crippen LogP contribution < -0.4 is 14.8 Å². The number of para-hydroxylation sites is 1. The van der Waals surface area contributed by atoms with Crippen molar-refractivity contribution in [2.24, 2.45) is 7.05 Å². The van der Waals surface area contributed by atoms with Crippen LogP contribution in [0.4, 0.5) is 0 Å². The first kappa shape index (κ1) is 32.4. The smallest absolute Gasteiger partial charge is 0.281 e. The summed E-state index contributed by atoms with van der Waals surface area (Å²) in [4.78, 5) is 28.9. The van der Waals surface area contributed by atoms with Gasteiger partial charge >= 0.3 is 0 Å². The highest BCUT2D eigenvalue weighted by Gasteiger charge is 2.23. The summed E-state index contributed by atoms with van der Waals surface area (Å²) in [6.07, 6.45) is 3.00. The zero-order valence-corrected chi connectivity index (χ0v) is 27.5. The molecule has 0 aliphatic rings. The van der Waals surface area contributed by atoms with Crippen molar-refractivity contribution in [3.8, 4) is 5.75 Å². The lowest BCUT2D eigenvalue weighted by Crippen LogP contribution is -2.38. The SMILES string of the molecule is Cc1cc(OCCCc2c(C(=O)NS(=O)(=O)CCNC(=O)Cc3cn(C)c4ccccc34)[nH]c3cc(Cl)ccc23)cc(C)c1Cl. The molecule has 0 fully saturated rings. The molecule has 3 aromatic carbocycles. The number of nitrogens with one attached hydrogen (secondary N) is 3. The lowest BCUT2D eigenvalue weighted by Gasteiger charge is -2.11.